The van der Waals surface area contributed by atoms with Crippen molar-refractivity contribution in [3.05, 3.63) is 65.7 Å². The van der Waals surface area contributed by atoms with E-state index in [9.17, 15) is 9.59 Å². The number of hydrogen-bond donors (Lipinski definition) is 1. The van der Waals surface area contributed by atoms with Gasteiger partial charge in [-0.3, -0.25) is 9.59 Å². The largest absolute Gasteiger partial charge is 0.356 e. The van der Waals surface area contributed by atoms with Gasteiger partial charge >= 0.3 is 0 Å². The molecule has 0 aliphatic carbocycles. The standard InChI is InChI=1S/C19H18N2O3/c22-16-12-24-18(17(20-16)14-7-2-1-3-8-14)19(23)21-11-10-13-6-4-5-9-15(13)21/h1-9,17-18H,10-12H2,(H,20,22)/t17-,18+/m0/s1. The minimum absolute atomic E-state index is 0.0881. The molecule has 0 unspecified atom stereocenters. The van der Waals surface area contributed by atoms with Gasteiger partial charge in [-0.25, -0.2) is 0 Å². The third-order valence-corrected chi connectivity index (χ3v) is 4.57. The van der Waals surface area contributed by atoms with Crippen LogP contribution < -0.4 is 10.2 Å². The van der Waals surface area contributed by atoms with Crippen molar-refractivity contribution >= 4 is 17.5 Å². The second kappa shape index (κ2) is 6.09. The Kier molecular flexibility index (Phi) is 3.78. The maximum Gasteiger partial charge on any atom is 0.258 e. The number of hydrogen-bond acceptors (Lipinski definition) is 3. The highest BCUT2D eigenvalue weighted by molar-refractivity contribution is 6.00. The van der Waals surface area contributed by atoms with Crippen LogP contribution in [0.5, 0.6) is 0 Å². The van der Waals surface area contributed by atoms with Crippen molar-refractivity contribution in [2.24, 2.45) is 0 Å². The average Bonchev–Trinajstić information content (AvgIpc) is 3.06. The summed E-state index contributed by atoms with van der Waals surface area (Å²) in [4.78, 5) is 26.6. The molecule has 2 aromatic carbocycles. The minimum atomic E-state index is -0.712. The molecule has 1 fully saturated rings. The van der Waals surface area contributed by atoms with Crippen molar-refractivity contribution in [1.82, 2.24) is 5.32 Å². The van der Waals surface area contributed by atoms with Crippen LogP contribution in [-0.4, -0.2) is 31.1 Å². The lowest BCUT2D eigenvalue weighted by molar-refractivity contribution is -0.146. The summed E-state index contributed by atoms with van der Waals surface area (Å²) in [6.07, 6.45) is 0.132. The van der Waals surface area contributed by atoms with Gasteiger partial charge in [-0.05, 0) is 23.6 Å². The molecule has 1 saturated heterocycles. The fraction of sp³-hybridized carbons (Fsp3) is 0.263. The zero-order valence-corrected chi connectivity index (χ0v) is 13.1. The topological polar surface area (TPSA) is 58.6 Å². The number of rotatable bonds is 2. The van der Waals surface area contributed by atoms with E-state index < -0.39 is 12.1 Å². The fourth-order valence-electron chi connectivity index (χ4n) is 3.41. The molecule has 5 nitrogen and oxygen atoms in total. The summed E-state index contributed by atoms with van der Waals surface area (Å²) in [6, 6.07) is 16.9. The summed E-state index contributed by atoms with van der Waals surface area (Å²) in [5, 5.41) is 2.90. The Labute approximate surface area is 140 Å². The second-order valence-electron chi connectivity index (χ2n) is 6.06. The molecular weight excluding hydrogens is 304 g/mol. The van der Waals surface area contributed by atoms with Crippen LogP contribution in [0.15, 0.2) is 54.6 Å². The van der Waals surface area contributed by atoms with Crippen LogP contribution in [0.3, 0.4) is 0 Å². The van der Waals surface area contributed by atoms with Crippen LogP contribution in [-0.2, 0) is 20.7 Å². The molecule has 24 heavy (non-hydrogen) atoms. The van der Waals surface area contributed by atoms with Gasteiger partial charge in [-0.1, -0.05) is 48.5 Å². The van der Waals surface area contributed by atoms with Gasteiger partial charge in [-0.2, -0.15) is 0 Å². The molecule has 2 heterocycles. The van der Waals surface area contributed by atoms with Crippen molar-refractivity contribution in [2.75, 3.05) is 18.1 Å². The molecule has 2 aliphatic rings. The molecule has 2 atom stereocenters. The highest BCUT2D eigenvalue weighted by Crippen LogP contribution is 2.31. The Morgan fingerprint density at radius 1 is 1.08 bits per heavy atom. The summed E-state index contributed by atoms with van der Waals surface area (Å²) in [7, 11) is 0. The first-order valence-corrected chi connectivity index (χ1v) is 8.09. The molecule has 0 bridgehead atoms. The van der Waals surface area contributed by atoms with Crippen LogP contribution in [0, 0.1) is 0 Å². The smallest absolute Gasteiger partial charge is 0.258 e. The van der Waals surface area contributed by atoms with Gasteiger partial charge < -0.3 is 15.0 Å². The van der Waals surface area contributed by atoms with Crippen LogP contribution in [0.1, 0.15) is 17.2 Å². The number of nitrogens with zero attached hydrogens (tertiary/aromatic N) is 1. The lowest BCUT2D eigenvalue weighted by Crippen LogP contribution is -2.53. The number of benzene rings is 2. The number of fused-ring (bicyclic) bond motifs is 1. The van der Waals surface area contributed by atoms with Crippen LogP contribution >= 0.6 is 0 Å². The van der Waals surface area contributed by atoms with Gasteiger partial charge in [0.1, 0.15) is 6.61 Å². The molecule has 0 aromatic heterocycles. The van der Waals surface area contributed by atoms with E-state index in [1.54, 1.807) is 4.90 Å². The van der Waals surface area contributed by atoms with Crippen LogP contribution in [0.25, 0.3) is 0 Å². The normalized spacial score (nSPS) is 22.8. The van der Waals surface area contributed by atoms with Crippen molar-refractivity contribution < 1.29 is 14.3 Å². The van der Waals surface area contributed by atoms with Crippen LogP contribution in [0.2, 0.25) is 0 Å². The van der Waals surface area contributed by atoms with Gasteiger partial charge in [0, 0.05) is 12.2 Å². The molecule has 0 saturated carbocycles. The van der Waals surface area contributed by atoms with Crippen molar-refractivity contribution in [3.8, 4) is 0 Å². The summed E-state index contributed by atoms with van der Waals surface area (Å²) in [5.74, 6) is -0.302. The molecule has 2 amide bonds. The van der Waals surface area contributed by atoms with E-state index in [1.807, 2.05) is 54.6 Å². The molecule has 0 spiro atoms. The zero-order valence-electron chi connectivity index (χ0n) is 13.1. The molecule has 1 N–H and O–H groups in total. The minimum Gasteiger partial charge on any atom is -0.356 e. The Balaban J connectivity index is 1.64. The number of ether oxygens (including phenoxy) is 1. The first kappa shape index (κ1) is 14.9. The van der Waals surface area contributed by atoms with Crippen molar-refractivity contribution in [1.29, 1.82) is 0 Å². The highest BCUT2D eigenvalue weighted by Gasteiger charge is 2.40. The van der Waals surface area contributed by atoms with Crippen molar-refractivity contribution in [2.45, 2.75) is 18.6 Å². The predicted molar refractivity (Wildman–Crippen MR) is 89.6 cm³/mol. The highest BCUT2D eigenvalue weighted by atomic mass is 16.5. The number of amides is 2. The first-order valence-electron chi connectivity index (χ1n) is 8.09. The number of morpholine rings is 1. The number of nitrogens with one attached hydrogen (secondary N) is 1. The van der Waals surface area contributed by atoms with Crippen molar-refractivity contribution in [3.63, 3.8) is 0 Å². The molecule has 0 radical (unpaired) electrons. The summed E-state index contributed by atoms with van der Waals surface area (Å²) >= 11 is 0. The predicted octanol–water partition coefficient (Wildman–Crippen LogP) is 1.83. The van der Waals surface area contributed by atoms with E-state index in [2.05, 4.69) is 5.32 Å². The van der Waals surface area contributed by atoms with E-state index >= 15 is 0 Å². The van der Waals surface area contributed by atoms with E-state index in [4.69, 9.17) is 4.74 Å². The number of carbonyl (C=O) groups excluding carboxylic acids is 2. The summed E-state index contributed by atoms with van der Waals surface area (Å²) in [5.41, 5.74) is 2.98. The van der Waals surface area contributed by atoms with Gasteiger partial charge in [0.05, 0.1) is 6.04 Å². The number of carbonyl (C=O) groups is 2. The van der Waals surface area contributed by atoms with E-state index in [0.29, 0.717) is 6.54 Å². The Bertz CT molecular complexity index is 775. The van der Waals surface area contributed by atoms with Gasteiger partial charge in [-0.15, -0.1) is 0 Å². The first-order chi connectivity index (χ1) is 11.7. The quantitative estimate of drug-likeness (QED) is 0.918. The van der Waals surface area contributed by atoms with Gasteiger partial charge in [0.25, 0.3) is 5.91 Å². The summed E-state index contributed by atoms with van der Waals surface area (Å²) < 4.78 is 5.64. The lowest BCUT2D eigenvalue weighted by Gasteiger charge is -2.34. The van der Waals surface area contributed by atoms with Gasteiger partial charge in [0.15, 0.2) is 6.10 Å². The van der Waals surface area contributed by atoms with E-state index in [0.717, 1.165) is 17.7 Å². The lowest BCUT2D eigenvalue weighted by atomic mass is 9.99. The van der Waals surface area contributed by atoms with Gasteiger partial charge in [0.2, 0.25) is 5.91 Å². The molecule has 4 rings (SSSR count). The molecular formula is C19H18N2O3. The fourth-order valence-corrected chi connectivity index (χ4v) is 3.41. The maximum atomic E-state index is 13.1. The molecule has 5 heteroatoms. The maximum absolute atomic E-state index is 13.1. The Hall–Kier alpha value is -2.66. The molecule has 122 valence electrons. The Morgan fingerprint density at radius 3 is 2.67 bits per heavy atom. The number of para-hydroxylation sites is 1. The molecule has 2 aliphatic heterocycles. The number of anilines is 1. The van der Waals surface area contributed by atoms with E-state index in [1.165, 1.54) is 5.56 Å². The van der Waals surface area contributed by atoms with E-state index in [-0.39, 0.29) is 18.4 Å². The van der Waals surface area contributed by atoms with Crippen LogP contribution in [0.4, 0.5) is 5.69 Å². The summed E-state index contributed by atoms with van der Waals surface area (Å²) in [6.45, 7) is 0.558. The third kappa shape index (κ3) is 2.57. The third-order valence-electron chi connectivity index (χ3n) is 4.57. The Morgan fingerprint density at radius 2 is 1.83 bits per heavy atom. The monoisotopic (exact) mass is 322 g/mol. The SMILES string of the molecule is O=C1CO[C@@H](C(=O)N2CCc3ccccc32)[C@H](c2ccccc2)N1. The average molecular weight is 322 g/mol. The molecule has 2 aromatic rings. The second-order valence-corrected chi connectivity index (χ2v) is 6.06. The zero-order chi connectivity index (χ0) is 16.5.